The third-order valence-corrected chi connectivity index (χ3v) is 5.28. The van der Waals surface area contributed by atoms with Crippen LogP contribution in [0.2, 0.25) is 0 Å². The van der Waals surface area contributed by atoms with Gasteiger partial charge in [0, 0.05) is 49.5 Å². The highest BCUT2D eigenvalue weighted by atomic mass is 16.2. The number of carbonyl (C=O) groups is 1. The Balaban J connectivity index is 1.42. The summed E-state index contributed by atoms with van der Waals surface area (Å²) in [6.45, 7) is 6.10. The summed E-state index contributed by atoms with van der Waals surface area (Å²) in [4.78, 5) is 23.3. The summed E-state index contributed by atoms with van der Waals surface area (Å²) >= 11 is 0. The van der Waals surface area contributed by atoms with Crippen molar-refractivity contribution in [2.24, 2.45) is 0 Å². The predicted molar refractivity (Wildman–Crippen MR) is 109 cm³/mol. The Labute approximate surface area is 165 Å². The summed E-state index contributed by atoms with van der Waals surface area (Å²) in [5.41, 5.74) is 4.43. The molecule has 3 heterocycles. The number of aromatic nitrogens is 3. The second-order valence-electron chi connectivity index (χ2n) is 7.37. The van der Waals surface area contributed by atoms with Crippen molar-refractivity contribution in [3.8, 4) is 11.4 Å². The molecule has 0 radical (unpaired) electrons. The molecule has 0 saturated carbocycles. The van der Waals surface area contributed by atoms with Gasteiger partial charge >= 0.3 is 6.03 Å². The lowest BCUT2D eigenvalue weighted by atomic mass is 10.1. The Bertz CT molecular complexity index is 949. The Hall–Kier alpha value is -3.15. The van der Waals surface area contributed by atoms with Gasteiger partial charge in [0.25, 0.3) is 0 Å². The van der Waals surface area contributed by atoms with Crippen molar-refractivity contribution in [2.75, 3.05) is 13.1 Å². The molecule has 1 unspecified atom stereocenters. The molecule has 1 aromatic carbocycles. The molecule has 1 saturated heterocycles. The van der Waals surface area contributed by atoms with E-state index >= 15 is 0 Å². The number of rotatable bonds is 4. The molecule has 1 N–H and O–H groups in total. The summed E-state index contributed by atoms with van der Waals surface area (Å²) in [6, 6.07) is 12.4. The maximum absolute atomic E-state index is 12.6. The van der Waals surface area contributed by atoms with Gasteiger partial charge in [0.05, 0.1) is 6.04 Å². The zero-order valence-corrected chi connectivity index (χ0v) is 16.3. The molecule has 28 heavy (non-hydrogen) atoms. The highest BCUT2D eigenvalue weighted by Crippen LogP contribution is 2.29. The van der Waals surface area contributed by atoms with Crippen molar-refractivity contribution in [2.45, 2.75) is 32.9 Å². The van der Waals surface area contributed by atoms with Gasteiger partial charge in [-0.05, 0) is 38.0 Å². The summed E-state index contributed by atoms with van der Waals surface area (Å²) in [7, 11) is 0. The molecule has 1 atom stereocenters. The molecule has 2 amide bonds. The van der Waals surface area contributed by atoms with E-state index < -0.39 is 0 Å². The van der Waals surface area contributed by atoms with Gasteiger partial charge in [-0.3, -0.25) is 4.98 Å². The van der Waals surface area contributed by atoms with E-state index in [9.17, 15) is 4.79 Å². The number of nitrogens with zero attached hydrogens (tertiary/aromatic N) is 4. The fourth-order valence-corrected chi connectivity index (χ4v) is 3.75. The number of nitrogens with one attached hydrogen (secondary N) is 1. The minimum absolute atomic E-state index is 0.0104. The lowest BCUT2D eigenvalue weighted by molar-refractivity contribution is 0.206. The Kier molecular flexibility index (Phi) is 5.10. The molecule has 0 aliphatic carbocycles. The van der Waals surface area contributed by atoms with Crippen LogP contribution in [0.15, 0.2) is 55.0 Å². The number of amides is 2. The Morgan fingerprint density at radius 3 is 2.75 bits per heavy atom. The van der Waals surface area contributed by atoms with Gasteiger partial charge in [-0.15, -0.1) is 0 Å². The number of imidazole rings is 1. The van der Waals surface area contributed by atoms with Crippen molar-refractivity contribution in [1.82, 2.24) is 24.8 Å². The van der Waals surface area contributed by atoms with Crippen LogP contribution in [0, 0.1) is 13.8 Å². The molecule has 4 rings (SSSR count). The Morgan fingerprint density at radius 2 is 2.00 bits per heavy atom. The zero-order valence-electron chi connectivity index (χ0n) is 16.3. The number of pyridine rings is 1. The molecule has 6 nitrogen and oxygen atoms in total. The number of urea groups is 1. The molecule has 0 bridgehead atoms. The van der Waals surface area contributed by atoms with E-state index in [-0.39, 0.29) is 12.1 Å². The van der Waals surface area contributed by atoms with Gasteiger partial charge < -0.3 is 14.8 Å². The van der Waals surface area contributed by atoms with Gasteiger partial charge in [-0.1, -0.05) is 29.8 Å². The smallest absolute Gasteiger partial charge is 0.317 e. The van der Waals surface area contributed by atoms with Crippen LogP contribution >= 0.6 is 0 Å². The van der Waals surface area contributed by atoms with Crippen LogP contribution in [0.5, 0.6) is 0 Å². The predicted octanol–water partition coefficient (Wildman–Crippen LogP) is 3.72. The molecular formula is C22H25N5O. The second kappa shape index (κ2) is 7.84. The lowest BCUT2D eigenvalue weighted by Gasteiger charge is -2.20. The van der Waals surface area contributed by atoms with E-state index in [0.29, 0.717) is 13.1 Å². The van der Waals surface area contributed by atoms with E-state index in [1.54, 1.807) is 6.20 Å². The number of hydrogen-bond donors (Lipinski definition) is 1. The number of carbonyl (C=O) groups excluding carboxylic acids is 1. The van der Waals surface area contributed by atoms with Crippen LogP contribution in [0.1, 0.15) is 29.3 Å². The first-order valence-corrected chi connectivity index (χ1v) is 9.64. The largest absolute Gasteiger partial charge is 0.334 e. The maximum atomic E-state index is 12.6. The minimum Gasteiger partial charge on any atom is -0.334 e. The Morgan fingerprint density at radius 1 is 1.18 bits per heavy atom. The van der Waals surface area contributed by atoms with E-state index in [1.165, 1.54) is 5.56 Å². The quantitative estimate of drug-likeness (QED) is 0.756. The molecule has 1 aliphatic rings. The molecule has 0 spiro atoms. The van der Waals surface area contributed by atoms with Crippen LogP contribution in [-0.2, 0) is 6.54 Å². The first-order valence-electron chi connectivity index (χ1n) is 9.64. The highest BCUT2D eigenvalue weighted by molar-refractivity contribution is 5.74. The number of likely N-dealkylation sites (tertiary alicyclic amines) is 1. The van der Waals surface area contributed by atoms with Crippen molar-refractivity contribution in [3.63, 3.8) is 0 Å². The number of aryl methyl sites for hydroxylation is 2. The molecular weight excluding hydrogens is 350 g/mol. The molecule has 1 fully saturated rings. The minimum atomic E-state index is -0.0104. The van der Waals surface area contributed by atoms with Gasteiger partial charge in [0.15, 0.2) is 0 Å². The fourth-order valence-electron chi connectivity index (χ4n) is 3.75. The van der Waals surface area contributed by atoms with Crippen LogP contribution in [0.25, 0.3) is 11.4 Å². The first kappa shape index (κ1) is 18.2. The number of hydrogen-bond acceptors (Lipinski definition) is 3. The topological polar surface area (TPSA) is 63.1 Å². The van der Waals surface area contributed by atoms with Crippen LogP contribution in [0.4, 0.5) is 4.79 Å². The van der Waals surface area contributed by atoms with Crippen molar-refractivity contribution >= 4 is 6.03 Å². The maximum Gasteiger partial charge on any atom is 0.317 e. The molecule has 144 valence electrons. The van der Waals surface area contributed by atoms with Crippen molar-refractivity contribution in [3.05, 3.63) is 71.8 Å². The second-order valence-corrected chi connectivity index (χ2v) is 7.37. The average molecular weight is 375 g/mol. The summed E-state index contributed by atoms with van der Waals surface area (Å²) in [6.07, 6.45) is 6.41. The molecule has 6 heteroatoms. The summed E-state index contributed by atoms with van der Waals surface area (Å²) < 4.78 is 2.24. The van der Waals surface area contributed by atoms with E-state index in [4.69, 9.17) is 0 Å². The van der Waals surface area contributed by atoms with E-state index in [2.05, 4.69) is 58.0 Å². The van der Waals surface area contributed by atoms with E-state index in [0.717, 1.165) is 35.6 Å². The highest BCUT2D eigenvalue weighted by Gasteiger charge is 2.29. The molecule has 1 aliphatic heterocycles. The van der Waals surface area contributed by atoms with Gasteiger partial charge in [0.1, 0.15) is 5.82 Å². The normalized spacial score (nSPS) is 16.4. The third-order valence-electron chi connectivity index (χ3n) is 5.28. The molecule has 2 aromatic heterocycles. The SMILES string of the molecule is Cc1ccc(CNC(=O)N2CCC(n3c(C)cnc3-c3cccnc3)C2)cc1. The summed E-state index contributed by atoms with van der Waals surface area (Å²) in [5.74, 6) is 0.914. The fraction of sp³-hybridized carbons (Fsp3) is 0.318. The lowest BCUT2D eigenvalue weighted by Crippen LogP contribution is -2.38. The monoisotopic (exact) mass is 375 g/mol. The third kappa shape index (κ3) is 3.76. The zero-order chi connectivity index (χ0) is 19.5. The van der Waals surface area contributed by atoms with E-state index in [1.807, 2.05) is 29.4 Å². The summed E-state index contributed by atoms with van der Waals surface area (Å²) in [5, 5.41) is 3.04. The average Bonchev–Trinajstić information content (AvgIpc) is 3.34. The van der Waals surface area contributed by atoms with Crippen LogP contribution < -0.4 is 5.32 Å². The first-order chi connectivity index (χ1) is 13.6. The van der Waals surface area contributed by atoms with Crippen molar-refractivity contribution < 1.29 is 4.79 Å². The van der Waals surface area contributed by atoms with Gasteiger partial charge in [-0.25, -0.2) is 9.78 Å². The number of benzene rings is 1. The van der Waals surface area contributed by atoms with Gasteiger partial charge in [0.2, 0.25) is 0 Å². The molecule has 3 aromatic rings. The van der Waals surface area contributed by atoms with Crippen LogP contribution in [-0.4, -0.2) is 38.6 Å². The van der Waals surface area contributed by atoms with Crippen LogP contribution in [0.3, 0.4) is 0 Å². The van der Waals surface area contributed by atoms with Gasteiger partial charge in [-0.2, -0.15) is 0 Å². The van der Waals surface area contributed by atoms with Crippen molar-refractivity contribution in [1.29, 1.82) is 0 Å². The standard InChI is InChI=1S/C22H25N5O/c1-16-5-7-18(8-6-16)13-25-22(28)26-11-9-20(15-26)27-17(2)12-24-21(27)19-4-3-10-23-14-19/h3-8,10,12,14,20H,9,11,13,15H2,1-2H3,(H,25,28).